The van der Waals surface area contributed by atoms with Crippen LogP contribution in [0.5, 0.6) is 0 Å². The van der Waals surface area contributed by atoms with Gasteiger partial charge in [-0.05, 0) is 35.9 Å². The first-order chi connectivity index (χ1) is 11.5. The van der Waals surface area contributed by atoms with Gasteiger partial charge in [0.05, 0.1) is 23.1 Å². The quantitative estimate of drug-likeness (QED) is 0.650. The number of carbonyl (C=O) groups excluding carboxylic acids is 1. The lowest BCUT2D eigenvalue weighted by Crippen LogP contribution is -2.39. The molecule has 0 unspecified atom stereocenters. The van der Waals surface area contributed by atoms with Gasteiger partial charge in [0.15, 0.2) is 0 Å². The molecule has 0 aliphatic carbocycles. The summed E-state index contributed by atoms with van der Waals surface area (Å²) in [6, 6.07) is 14.3. The van der Waals surface area contributed by atoms with Gasteiger partial charge in [0.2, 0.25) is 5.91 Å². The van der Waals surface area contributed by atoms with Crippen LogP contribution in [0.15, 0.2) is 54.7 Å². The highest BCUT2D eigenvalue weighted by atomic mass is 19.1. The van der Waals surface area contributed by atoms with Crippen LogP contribution < -0.4 is 4.90 Å². The highest BCUT2D eigenvalue weighted by Gasteiger charge is 2.37. The molecule has 3 nitrogen and oxygen atoms in total. The smallest absolute Gasteiger partial charge is 0.232 e. The number of aromatic nitrogens is 1. The lowest BCUT2D eigenvalue weighted by Gasteiger charge is -2.38. The van der Waals surface area contributed by atoms with Crippen molar-refractivity contribution in [1.82, 2.24) is 4.98 Å². The number of para-hydroxylation sites is 1. The number of hydrogen-bond acceptors (Lipinski definition) is 2. The van der Waals surface area contributed by atoms with E-state index in [9.17, 15) is 9.18 Å². The van der Waals surface area contributed by atoms with Gasteiger partial charge in [0.1, 0.15) is 5.82 Å². The Balaban J connectivity index is 1.92. The SMILES string of the molecule is CC1(C)CC(=O)N(c2cnc3ccccc3c2)c2ccc(F)cc21. The lowest BCUT2D eigenvalue weighted by molar-refractivity contribution is -0.119. The molecule has 0 atom stereocenters. The van der Waals surface area contributed by atoms with E-state index in [1.54, 1.807) is 17.2 Å². The zero-order chi connectivity index (χ0) is 16.9. The number of pyridine rings is 1. The van der Waals surface area contributed by atoms with Crippen LogP contribution in [0.25, 0.3) is 10.9 Å². The molecular weight excluding hydrogens is 303 g/mol. The Labute approximate surface area is 139 Å². The van der Waals surface area contributed by atoms with Crippen LogP contribution in [-0.4, -0.2) is 10.9 Å². The maximum atomic E-state index is 13.8. The Morgan fingerprint density at radius 3 is 2.75 bits per heavy atom. The maximum Gasteiger partial charge on any atom is 0.232 e. The molecule has 24 heavy (non-hydrogen) atoms. The number of fused-ring (bicyclic) bond motifs is 2. The molecule has 1 amide bonds. The van der Waals surface area contributed by atoms with Crippen LogP contribution >= 0.6 is 0 Å². The second-order valence-electron chi connectivity index (χ2n) is 6.84. The van der Waals surface area contributed by atoms with Crippen LogP contribution in [0.4, 0.5) is 15.8 Å². The fourth-order valence-corrected chi connectivity index (χ4v) is 3.40. The van der Waals surface area contributed by atoms with E-state index >= 15 is 0 Å². The predicted octanol–water partition coefficient (Wildman–Crippen LogP) is 4.72. The summed E-state index contributed by atoms with van der Waals surface area (Å²) >= 11 is 0. The Morgan fingerprint density at radius 1 is 1.12 bits per heavy atom. The van der Waals surface area contributed by atoms with Gasteiger partial charge < -0.3 is 0 Å². The Hall–Kier alpha value is -2.75. The fraction of sp³-hybridized carbons (Fsp3) is 0.200. The van der Waals surface area contributed by atoms with Crippen molar-refractivity contribution >= 4 is 28.2 Å². The molecule has 1 aromatic heterocycles. The predicted molar refractivity (Wildman–Crippen MR) is 92.9 cm³/mol. The van der Waals surface area contributed by atoms with Crippen molar-refractivity contribution < 1.29 is 9.18 Å². The maximum absolute atomic E-state index is 13.8. The first-order valence-electron chi connectivity index (χ1n) is 7.93. The van der Waals surface area contributed by atoms with E-state index in [0.717, 1.165) is 22.2 Å². The number of benzene rings is 2. The first-order valence-corrected chi connectivity index (χ1v) is 7.93. The third-order valence-electron chi connectivity index (χ3n) is 4.61. The van der Waals surface area contributed by atoms with E-state index in [1.807, 2.05) is 44.2 Å². The van der Waals surface area contributed by atoms with Crippen LogP contribution in [-0.2, 0) is 10.2 Å². The fourth-order valence-electron chi connectivity index (χ4n) is 3.40. The van der Waals surface area contributed by atoms with Crippen LogP contribution in [0, 0.1) is 5.82 Å². The molecule has 0 bridgehead atoms. The van der Waals surface area contributed by atoms with E-state index in [1.165, 1.54) is 12.1 Å². The molecule has 0 radical (unpaired) electrons. The van der Waals surface area contributed by atoms with Crippen molar-refractivity contribution in [3.63, 3.8) is 0 Å². The van der Waals surface area contributed by atoms with Crippen LogP contribution in [0.1, 0.15) is 25.8 Å². The highest BCUT2D eigenvalue weighted by Crippen LogP contribution is 2.43. The van der Waals surface area contributed by atoms with Gasteiger partial charge in [-0.25, -0.2) is 4.39 Å². The molecule has 3 aromatic rings. The van der Waals surface area contributed by atoms with Crippen molar-refractivity contribution in [2.45, 2.75) is 25.7 Å². The second-order valence-corrected chi connectivity index (χ2v) is 6.84. The average molecular weight is 320 g/mol. The van der Waals surface area contributed by atoms with E-state index in [-0.39, 0.29) is 11.7 Å². The largest absolute Gasteiger partial charge is 0.279 e. The van der Waals surface area contributed by atoms with Crippen molar-refractivity contribution in [3.8, 4) is 0 Å². The second kappa shape index (κ2) is 5.13. The van der Waals surface area contributed by atoms with Crippen LogP contribution in [0.2, 0.25) is 0 Å². The minimum absolute atomic E-state index is 0.00353. The number of carbonyl (C=O) groups is 1. The summed E-state index contributed by atoms with van der Waals surface area (Å²) in [4.78, 5) is 18.9. The lowest BCUT2D eigenvalue weighted by atomic mass is 9.77. The summed E-state index contributed by atoms with van der Waals surface area (Å²) in [6.45, 7) is 3.94. The van der Waals surface area contributed by atoms with Gasteiger partial charge in [-0.1, -0.05) is 32.0 Å². The van der Waals surface area contributed by atoms with Crippen molar-refractivity contribution in [2.24, 2.45) is 0 Å². The van der Waals surface area contributed by atoms with Gasteiger partial charge in [0.25, 0.3) is 0 Å². The minimum atomic E-state index is -0.394. The number of amides is 1. The van der Waals surface area contributed by atoms with Crippen molar-refractivity contribution in [2.75, 3.05) is 4.90 Å². The number of rotatable bonds is 1. The molecule has 2 heterocycles. The minimum Gasteiger partial charge on any atom is -0.279 e. The molecule has 1 aliphatic rings. The zero-order valence-electron chi connectivity index (χ0n) is 13.6. The molecular formula is C20H17FN2O. The molecule has 0 spiro atoms. The van der Waals surface area contributed by atoms with E-state index in [0.29, 0.717) is 12.1 Å². The Bertz CT molecular complexity index is 965. The molecule has 2 aromatic carbocycles. The van der Waals surface area contributed by atoms with E-state index in [2.05, 4.69) is 4.98 Å². The van der Waals surface area contributed by atoms with E-state index < -0.39 is 5.41 Å². The van der Waals surface area contributed by atoms with Gasteiger partial charge in [-0.3, -0.25) is 14.7 Å². The third kappa shape index (κ3) is 2.26. The number of halogens is 1. The standard InChI is InChI=1S/C20H17FN2O/c1-20(2)11-19(24)23(18-8-7-14(21)10-16(18)20)15-9-13-5-3-4-6-17(13)22-12-15/h3-10,12H,11H2,1-2H3. The van der Waals surface area contributed by atoms with Gasteiger partial charge in [-0.2, -0.15) is 0 Å². The number of hydrogen-bond donors (Lipinski definition) is 0. The molecule has 0 saturated heterocycles. The normalized spacial score (nSPS) is 16.3. The Morgan fingerprint density at radius 2 is 1.92 bits per heavy atom. The summed E-state index contributed by atoms with van der Waals surface area (Å²) in [7, 11) is 0. The van der Waals surface area contributed by atoms with Crippen molar-refractivity contribution in [1.29, 1.82) is 0 Å². The molecule has 4 heteroatoms. The highest BCUT2D eigenvalue weighted by molar-refractivity contribution is 6.05. The van der Waals surface area contributed by atoms with Crippen LogP contribution in [0.3, 0.4) is 0 Å². The summed E-state index contributed by atoms with van der Waals surface area (Å²) in [5, 5.41) is 0.969. The van der Waals surface area contributed by atoms with Crippen molar-refractivity contribution in [3.05, 3.63) is 66.1 Å². The third-order valence-corrected chi connectivity index (χ3v) is 4.61. The molecule has 0 saturated carbocycles. The zero-order valence-corrected chi connectivity index (χ0v) is 13.6. The molecule has 1 aliphatic heterocycles. The average Bonchev–Trinajstić information content (AvgIpc) is 2.55. The first kappa shape index (κ1) is 14.8. The van der Waals surface area contributed by atoms with E-state index in [4.69, 9.17) is 0 Å². The molecule has 4 rings (SSSR count). The van der Waals surface area contributed by atoms with Gasteiger partial charge in [-0.15, -0.1) is 0 Å². The Kier molecular flexibility index (Phi) is 3.17. The number of anilines is 2. The number of nitrogens with zero attached hydrogens (tertiary/aromatic N) is 2. The monoisotopic (exact) mass is 320 g/mol. The van der Waals surface area contributed by atoms with Gasteiger partial charge in [0, 0.05) is 17.2 Å². The topological polar surface area (TPSA) is 33.2 Å². The summed E-state index contributed by atoms with van der Waals surface area (Å²) in [5.41, 5.74) is 2.77. The van der Waals surface area contributed by atoms with Gasteiger partial charge >= 0.3 is 0 Å². The summed E-state index contributed by atoms with van der Waals surface area (Å²) < 4.78 is 13.8. The molecule has 120 valence electrons. The molecule has 0 fully saturated rings. The molecule has 0 N–H and O–H groups in total. The summed E-state index contributed by atoms with van der Waals surface area (Å²) in [5.74, 6) is -0.288. The summed E-state index contributed by atoms with van der Waals surface area (Å²) in [6.07, 6.45) is 2.03.